The van der Waals surface area contributed by atoms with Gasteiger partial charge in [0.25, 0.3) is 0 Å². The number of hydrogen-bond donors (Lipinski definition) is 2. The molecule has 1 unspecified atom stereocenters. The van der Waals surface area contributed by atoms with E-state index in [9.17, 15) is 4.79 Å². The third-order valence-corrected chi connectivity index (χ3v) is 3.01. The average molecular weight is 314 g/mol. The predicted molar refractivity (Wildman–Crippen MR) is 89.7 cm³/mol. The van der Waals surface area contributed by atoms with Crippen molar-refractivity contribution in [1.29, 1.82) is 0 Å². The molecule has 0 fully saturated rings. The van der Waals surface area contributed by atoms with Crippen LogP contribution in [-0.4, -0.2) is 41.7 Å². The first kappa shape index (κ1) is 16.7. The Morgan fingerprint density at radius 2 is 2.30 bits per heavy atom. The fourth-order valence-electron chi connectivity index (χ4n) is 2.14. The summed E-state index contributed by atoms with van der Waals surface area (Å²) in [5, 5.41) is 6.08. The standard InChI is InChI=1S/C17H22N4O2/c1-5-8-18-10-14-12-21-11-13(6-7-15(21)20-14)9-19-16(22)23-17(2,3)4/h6-7,11-12,15,20H,1,9-10H2,2-4H3,(H,19,22). The Bertz CT molecular complexity index is 642. The minimum Gasteiger partial charge on any atom is -0.444 e. The summed E-state index contributed by atoms with van der Waals surface area (Å²) in [6, 6.07) is 0. The Labute approximate surface area is 136 Å². The van der Waals surface area contributed by atoms with Crippen molar-refractivity contribution in [3.8, 4) is 0 Å². The third kappa shape index (κ3) is 5.22. The summed E-state index contributed by atoms with van der Waals surface area (Å²) in [6.45, 7) is 9.84. The molecule has 0 aromatic rings. The van der Waals surface area contributed by atoms with Crippen LogP contribution in [0.15, 0.2) is 53.1 Å². The van der Waals surface area contributed by atoms with Gasteiger partial charge in [-0.2, -0.15) is 0 Å². The number of alkyl carbamates (subject to hydrolysis) is 1. The Hall–Kier alpha value is -2.68. The summed E-state index contributed by atoms with van der Waals surface area (Å²) < 4.78 is 5.22. The average Bonchev–Trinajstić information content (AvgIpc) is 2.85. The van der Waals surface area contributed by atoms with E-state index < -0.39 is 11.7 Å². The van der Waals surface area contributed by atoms with E-state index in [1.54, 1.807) is 0 Å². The van der Waals surface area contributed by atoms with E-state index in [0.29, 0.717) is 13.1 Å². The van der Waals surface area contributed by atoms with Crippen LogP contribution in [0.1, 0.15) is 20.8 Å². The molecule has 0 bridgehead atoms. The summed E-state index contributed by atoms with van der Waals surface area (Å²) in [6.07, 6.45) is 7.64. The van der Waals surface area contributed by atoms with Crippen molar-refractivity contribution in [3.63, 3.8) is 0 Å². The van der Waals surface area contributed by atoms with Gasteiger partial charge >= 0.3 is 6.09 Å². The molecule has 0 spiro atoms. The van der Waals surface area contributed by atoms with Gasteiger partial charge in [0.15, 0.2) is 0 Å². The molecule has 0 aromatic carbocycles. The monoisotopic (exact) mass is 314 g/mol. The van der Waals surface area contributed by atoms with Crippen LogP contribution in [0.2, 0.25) is 0 Å². The lowest BCUT2D eigenvalue weighted by Gasteiger charge is -2.24. The molecule has 2 aliphatic heterocycles. The summed E-state index contributed by atoms with van der Waals surface area (Å²) in [4.78, 5) is 17.8. The number of nitrogens with zero attached hydrogens (tertiary/aromatic N) is 2. The van der Waals surface area contributed by atoms with E-state index in [1.807, 2.05) is 50.2 Å². The van der Waals surface area contributed by atoms with Gasteiger partial charge in [-0.1, -0.05) is 11.8 Å². The Morgan fingerprint density at radius 1 is 1.52 bits per heavy atom. The molecule has 1 atom stereocenters. The van der Waals surface area contributed by atoms with Gasteiger partial charge in [-0.15, -0.1) is 0 Å². The van der Waals surface area contributed by atoms with Crippen LogP contribution in [0, 0.1) is 0 Å². The summed E-state index contributed by atoms with van der Waals surface area (Å²) >= 11 is 0. The minimum atomic E-state index is -0.497. The second-order valence-electron chi connectivity index (χ2n) is 6.21. The highest BCUT2D eigenvalue weighted by Crippen LogP contribution is 2.19. The second-order valence-corrected chi connectivity index (χ2v) is 6.21. The van der Waals surface area contributed by atoms with Crippen molar-refractivity contribution < 1.29 is 9.53 Å². The molecular formula is C17H22N4O2. The number of carbonyl (C=O) groups is 1. The molecule has 0 aromatic heterocycles. The summed E-state index contributed by atoms with van der Waals surface area (Å²) in [5.74, 6) is 2.59. The van der Waals surface area contributed by atoms with Crippen molar-refractivity contribution in [2.75, 3.05) is 13.1 Å². The maximum absolute atomic E-state index is 11.7. The van der Waals surface area contributed by atoms with E-state index >= 15 is 0 Å². The van der Waals surface area contributed by atoms with Crippen molar-refractivity contribution in [1.82, 2.24) is 15.5 Å². The zero-order valence-corrected chi connectivity index (χ0v) is 13.7. The normalized spacial score (nSPS) is 18.7. The number of rotatable bonds is 4. The molecule has 6 nitrogen and oxygen atoms in total. The molecule has 2 N–H and O–H groups in total. The van der Waals surface area contributed by atoms with Crippen LogP contribution in [0.4, 0.5) is 4.79 Å². The lowest BCUT2D eigenvalue weighted by Crippen LogP contribution is -2.36. The van der Waals surface area contributed by atoms with Crippen LogP contribution in [0.3, 0.4) is 0 Å². The van der Waals surface area contributed by atoms with Gasteiger partial charge in [0.2, 0.25) is 0 Å². The topological polar surface area (TPSA) is 66.0 Å². The van der Waals surface area contributed by atoms with E-state index in [4.69, 9.17) is 4.74 Å². The number of fused-ring (bicyclic) bond motifs is 1. The van der Waals surface area contributed by atoms with Crippen molar-refractivity contribution in [2.24, 2.45) is 4.99 Å². The molecule has 2 heterocycles. The van der Waals surface area contributed by atoms with Crippen LogP contribution < -0.4 is 10.6 Å². The van der Waals surface area contributed by atoms with Gasteiger partial charge < -0.3 is 20.3 Å². The first-order valence-corrected chi connectivity index (χ1v) is 7.41. The number of nitrogens with one attached hydrogen (secondary N) is 2. The van der Waals surface area contributed by atoms with Gasteiger partial charge in [0, 0.05) is 24.8 Å². The molecule has 2 aliphatic rings. The van der Waals surface area contributed by atoms with E-state index in [2.05, 4.69) is 33.8 Å². The van der Waals surface area contributed by atoms with Crippen LogP contribution in [0.25, 0.3) is 0 Å². The van der Waals surface area contributed by atoms with E-state index in [0.717, 1.165) is 11.3 Å². The Morgan fingerprint density at radius 3 is 3.00 bits per heavy atom. The molecule has 0 aliphatic carbocycles. The largest absolute Gasteiger partial charge is 0.444 e. The molecule has 0 saturated heterocycles. The zero-order chi connectivity index (χ0) is 16.9. The number of aliphatic imine (C=N–C) groups is 1. The van der Waals surface area contributed by atoms with Crippen molar-refractivity contribution in [3.05, 3.63) is 48.1 Å². The van der Waals surface area contributed by atoms with Gasteiger partial charge in [0.1, 0.15) is 11.8 Å². The molecule has 1 amide bonds. The zero-order valence-electron chi connectivity index (χ0n) is 13.7. The Balaban J connectivity index is 1.90. The van der Waals surface area contributed by atoms with Gasteiger partial charge in [-0.3, -0.25) is 0 Å². The fraction of sp³-hybridized carbons (Fsp3) is 0.412. The highest BCUT2D eigenvalue weighted by Gasteiger charge is 2.23. The number of hydrogen-bond acceptors (Lipinski definition) is 5. The predicted octanol–water partition coefficient (Wildman–Crippen LogP) is 2.05. The van der Waals surface area contributed by atoms with Crippen molar-refractivity contribution in [2.45, 2.75) is 32.5 Å². The molecule has 2 rings (SSSR count). The maximum atomic E-state index is 11.7. The Kier molecular flexibility index (Phi) is 5.12. The van der Waals surface area contributed by atoms with Crippen LogP contribution in [0.5, 0.6) is 0 Å². The smallest absolute Gasteiger partial charge is 0.407 e. The van der Waals surface area contributed by atoms with Gasteiger partial charge in [-0.05, 0) is 39.0 Å². The highest BCUT2D eigenvalue weighted by atomic mass is 16.6. The molecule has 0 saturated carbocycles. The molecule has 23 heavy (non-hydrogen) atoms. The third-order valence-electron chi connectivity index (χ3n) is 3.01. The van der Waals surface area contributed by atoms with E-state index in [-0.39, 0.29) is 6.17 Å². The summed E-state index contributed by atoms with van der Waals surface area (Å²) in [7, 11) is 0. The maximum Gasteiger partial charge on any atom is 0.407 e. The van der Waals surface area contributed by atoms with E-state index in [1.165, 1.54) is 0 Å². The molecule has 6 heteroatoms. The SMILES string of the molecule is C=C=C=NCC1=CN2C=C(CNC(=O)OC(C)(C)C)C=CC2N1. The number of ether oxygens (including phenoxy) is 1. The lowest BCUT2D eigenvalue weighted by molar-refractivity contribution is 0.0533. The molecular weight excluding hydrogens is 292 g/mol. The summed E-state index contributed by atoms with van der Waals surface area (Å²) in [5.41, 5.74) is 3.97. The first-order chi connectivity index (χ1) is 10.9. The number of carbonyl (C=O) groups excluding carboxylic acids is 1. The second kappa shape index (κ2) is 7.05. The van der Waals surface area contributed by atoms with Crippen LogP contribution >= 0.6 is 0 Å². The highest BCUT2D eigenvalue weighted by molar-refractivity contribution is 5.68. The van der Waals surface area contributed by atoms with Crippen LogP contribution in [-0.2, 0) is 4.74 Å². The fourth-order valence-corrected chi connectivity index (χ4v) is 2.14. The van der Waals surface area contributed by atoms with Crippen molar-refractivity contribution >= 4 is 12.0 Å². The quantitative estimate of drug-likeness (QED) is 0.616. The first-order valence-electron chi connectivity index (χ1n) is 7.41. The molecule has 0 radical (unpaired) electrons. The molecule has 122 valence electrons. The van der Waals surface area contributed by atoms with Gasteiger partial charge in [-0.25, -0.2) is 9.79 Å². The minimum absolute atomic E-state index is 0.0817. The number of amides is 1. The lowest BCUT2D eigenvalue weighted by atomic mass is 10.2. The van der Waals surface area contributed by atoms with Gasteiger partial charge in [0.05, 0.1) is 12.2 Å².